The van der Waals surface area contributed by atoms with E-state index in [0.29, 0.717) is 5.82 Å². The first-order valence-electron chi connectivity index (χ1n) is 6.52. The third kappa shape index (κ3) is 2.88. The summed E-state index contributed by atoms with van der Waals surface area (Å²) in [5, 5.41) is 0. The highest BCUT2D eigenvalue weighted by molar-refractivity contribution is 8.00. The normalized spacial score (nSPS) is 18.9. The summed E-state index contributed by atoms with van der Waals surface area (Å²) in [6.45, 7) is 8.79. The van der Waals surface area contributed by atoms with Crippen LogP contribution in [-0.2, 0) is 6.42 Å². The van der Waals surface area contributed by atoms with E-state index in [4.69, 9.17) is 5.73 Å². The summed E-state index contributed by atoms with van der Waals surface area (Å²) in [7, 11) is 0. The zero-order valence-corrected chi connectivity index (χ0v) is 12.3. The fourth-order valence-corrected chi connectivity index (χ4v) is 3.49. The van der Waals surface area contributed by atoms with E-state index < -0.39 is 0 Å². The second kappa shape index (κ2) is 5.34. The Hall–Kier alpha value is -0.970. The van der Waals surface area contributed by atoms with E-state index >= 15 is 0 Å². The number of rotatable bonds is 3. The first-order chi connectivity index (χ1) is 8.53. The largest absolute Gasteiger partial charge is 0.383 e. The highest BCUT2D eigenvalue weighted by Gasteiger charge is 2.29. The van der Waals surface area contributed by atoms with Gasteiger partial charge in [0, 0.05) is 29.2 Å². The van der Waals surface area contributed by atoms with Gasteiger partial charge in [-0.25, -0.2) is 9.97 Å². The molecule has 0 amide bonds. The lowest BCUT2D eigenvalue weighted by atomic mass is 10.1. The Morgan fingerprint density at radius 2 is 2.22 bits per heavy atom. The van der Waals surface area contributed by atoms with Crippen molar-refractivity contribution >= 4 is 23.4 Å². The molecule has 0 aromatic carbocycles. The van der Waals surface area contributed by atoms with Crippen LogP contribution < -0.4 is 10.6 Å². The number of thioether (sulfide) groups is 1. The first-order valence-corrected chi connectivity index (χ1v) is 7.50. The van der Waals surface area contributed by atoms with Crippen LogP contribution in [0.15, 0.2) is 6.33 Å². The van der Waals surface area contributed by atoms with Gasteiger partial charge in [-0.3, -0.25) is 0 Å². The molecule has 0 saturated carbocycles. The Balaban J connectivity index is 2.29. The number of nitrogen functional groups attached to an aromatic ring is 1. The number of nitrogens with zero attached hydrogens (tertiary/aromatic N) is 3. The minimum Gasteiger partial charge on any atom is -0.383 e. The molecule has 0 radical (unpaired) electrons. The van der Waals surface area contributed by atoms with Gasteiger partial charge < -0.3 is 10.6 Å². The van der Waals surface area contributed by atoms with Gasteiger partial charge in [0.15, 0.2) is 0 Å². The van der Waals surface area contributed by atoms with Crippen LogP contribution in [0.3, 0.4) is 0 Å². The average molecular weight is 266 g/mol. The third-order valence-corrected chi connectivity index (χ3v) is 4.48. The summed E-state index contributed by atoms with van der Waals surface area (Å²) < 4.78 is 0.279. The molecular formula is C13H22N4S. The Kier molecular flexibility index (Phi) is 4.00. The number of nitrogens with two attached hydrogens (primary N) is 1. The summed E-state index contributed by atoms with van der Waals surface area (Å²) in [6, 6.07) is 0. The van der Waals surface area contributed by atoms with Crippen LogP contribution in [0.2, 0.25) is 0 Å². The van der Waals surface area contributed by atoms with Gasteiger partial charge in [0.2, 0.25) is 0 Å². The minimum absolute atomic E-state index is 0.279. The van der Waals surface area contributed by atoms with Gasteiger partial charge in [-0.2, -0.15) is 11.8 Å². The predicted molar refractivity (Wildman–Crippen MR) is 79.2 cm³/mol. The molecule has 5 heteroatoms. The molecule has 1 aliphatic rings. The Morgan fingerprint density at radius 1 is 1.44 bits per heavy atom. The molecule has 100 valence electrons. The number of anilines is 2. The Bertz CT molecular complexity index is 419. The monoisotopic (exact) mass is 266 g/mol. The van der Waals surface area contributed by atoms with Gasteiger partial charge in [0.05, 0.1) is 0 Å². The van der Waals surface area contributed by atoms with Crippen LogP contribution in [0.1, 0.15) is 32.8 Å². The molecule has 2 heterocycles. The average Bonchev–Trinajstić information content (AvgIpc) is 2.30. The topological polar surface area (TPSA) is 55.0 Å². The van der Waals surface area contributed by atoms with E-state index in [-0.39, 0.29) is 4.75 Å². The van der Waals surface area contributed by atoms with Crippen molar-refractivity contribution in [1.29, 1.82) is 0 Å². The molecule has 4 nitrogen and oxygen atoms in total. The lowest BCUT2D eigenvalue weighted by Gasteiger charge is -2.39. The lowest BCUT2D eigenvalue weighted by molar-refractivity contribution is 0.638. The van der Waals surface area contributed by atoms with Gasteiger partial charge in [0.25, 0.3) is 0 Å². The predicted octanol–water partition coefficient (Wildman–Crippen LogP) is 2.34. The molecule has 2 rings (SSSR count). The van der Waals surface area contributed by atoms with Crippen molar-refractivity contribution < 1.29 is 0 Å². The van der Waals surface area contributed by atoms with E-state index in [1.54, 1.807) is 6.33 Å². The Morgan fingerprint density at radius 3 is 2.89 bits per heavy atom. The summed E-state index contributed by atoms with van der Waals surface area (Å²) in [4.78, 5) is 11.0. The molecule has 1 saturated heterocycles. The van der Waals surface area contributed by atoms with Crippen molar-refractivity contribution in [2.75, 3.05) is 29.5 Å². The van der Waals surface area contributed by atoms with Gasteiger partial charge in [0.1, 0.15) is 18.0 Å². The molecule has 18 heavy (non-hydrogen) atoms. The molecule has 1 fully saturated rings. The van der Waals surface area contributed by atoms with Crippen molar-refractivity contribution in [2.45, 2.75) is 38.4 Å². The molecule has 0 spiro atoms. The quantitative estimate of drug-likeness (QED) is 0.910. The van der Waals surface area contributed by atoms with Crippen molar-refractivity contribution in [3.8, 4) is 0 Å². The molecule has 0 aliphatic carbocycles. The van der Waals surface area contributed by atoms with Crippen LogP contribution in [0.5, 0.6) is 0 Å². The standard InChI is InChI=1S/C13H22N4S/c1-4-5-10-11(14)15-9-16-12(10)17-6-7-18-13(2,3)8-17/h9H,4-8H2,1-3H3,(H2,14,15,16). The maximum absolute atomic E-state index is 6.00. The van der Waals surface area contributed by atoms with Crippen molar-refractivity contribution in [2.24, 2.45) is 0 Å². The molecular weight excluding hydrogens is 244 g/mol. The van der Waals surface area contributed by atoms with Crippen LogP contribution >= 0.6 is 11.8 Å². The SMILES string of the molecule is CCCc1c(N)ncnc1N1CCSC(C)(C)C1. The molecule has 1 aliphatic heterocycles. The summed E-state index contributed by atoms with van der Waals surface area (Å²) >= 11 is 2.03. The van der Waals surface area contributed by atoms with Crippen molar-refractivity contribution in [3.05, 3.63) is 11.9 Å². The van der Waals surface area contributed by atoms with Crippen LogP contribution in [0, 0.1) is 0 Å². The summed E-state index contributed by atoms with van der Waals surface area (Å²) in [5.41, 5.74) is 7.11. The number of aromatic nitrogens is 2. The van der Waals surface area contributed by atoms with Crippen molar-refractivity contribution in [3.63, 3.8) is 0 Å². The second-order valence-electron chi connectivity index (χ2n) is 5.34. The van der Waals surface area contributed by atoms with Crippen LogP contribution in [0.25, 0.3) is 0 Å². The molecule has 0 atom stereocenters. The van der Waals surface area contributed by atoms with E-state index in [1.807, 2.05) is 11.8 Å². The summed E-state index contributed by atoms with van der Waals surface area (Å²) in [5.74, 6) is 2.82. The molecule has 0 bridgehead atoms. The van der Waals surface area contributed by atoms with Crippen LogP contribution in [0.4, 0.5) is 11.6 Å². The highest BCUT2D eigenvalue weighted by Crippen LogP contribution is 2.33. The zero-order chi connectivity index (χ0) is 13.2. The lowest BCUT2D eigenvalue weighted by Crippen LogP contribution is -2.44. The smallest absolute Gasteiger partial charge is 0.137 e. The third-order valence-electron chi connectivity index (χ3n) is 3.18. The maximum Gasteiger partial charge on any atom is 0.137 e. The molecule has 1 aromatic rings. The fourth-order valence-electron chi connectivity index (χ4n) is 2.38. The van der Waals surface area contributed by atoms with Gasteiger partial charge in [-0.05, 0) is 20.3 Å². The van der Waals surface area contributed by atoms with Gasteiger partial charge in [-0.1, -0.05) is 13.3 Å². The molecule has 1 aromatic heterocycles. The van der Waals surface area contributed by atoms with E-state index in [9.17, 15) is 0 Å². The van der Waals surface area contributed by atoms with E-state index in [0.717, 1.165) is 43.1 Å². The fraction of sp³-hybridized carbons (Fsp3) is 0.692. The number of hydrogen-bond acceptors (Lipinski definition) is 5. The molecule has 0 unspecified atom stereocenters. The zero-order valence-electron chi connectivity index (χ0n) is 11.4. The first kappa shape index (κ1) is 13.5. The van der Waals surface area contributed by atoms with E-state index in [1.165, 1.54) is 0 Å². The number of hydrogen-bond donors (Lipinski definition) is 1. The second-order valence-corrected chi connectivity index (χ2v) is 7.14. The van der Waals surface area contributed by atoms with Gasteiger partial charge in [-0.15, -0.1) is 0 Å². The van der Waals surface area contributed by atoms with Gasteiger partial charge >= 0.3 is 0 Å². The Labute approximate surface area is 113 Å². The minimum atomic E-state index is 0.279. The maximum atomic E-state index is 6.00. The summed E-state index contributed by atoms with van der Waals surface area (Å²) in [6.07, 6.45) is 3.60. The van der Waals surface area contributed by atoms with E-state index in [2.05, 4.69) is 35.6 Å². The van der Waals surface area contributed by atoms with Crippen molar-refractivity contribution in [1.82, 2.24) is 9.97 Å². The highest BCUT2D eigenvalue weighted by atomic mass is 32.2. The molecule has 2 N–H and O–H groups in total. The van der Waals surface area contributed by atoms with Crippen LogP contribution in [-0.4, -0.2) is 33.6 Å².